The summed E-state index contributed by atoms with van der Waals surface area (Å²) in [7, 11) is 0. The van der Waals surface area contributed by atoms with Crippen molar-refractivity contribution in [1.29, 1.82) is 0 Å². The Morgan fingerprint density at radius 1 is 1.50 bits per heavy atom. The maximum atomic E-state index is 12.0. The number of hydrogen-bond acceptors (Lipinski definition) is 3. The summed E-state index contributed by atoms with van der Waals surface area (Å²) in [6.07, 6.45) is -0.0919. The van der Waals surface area contributed by atoms with Crippen LogP contribution in [0.15, 0.2) is 5.38 Å². The predicted octanol–water partition coefficient (Wildman–Crippen LogP) is 2.94. The standard InChI is InChI=1S/C12H16ClNO3S/c1-6(2)8(4-9(15)16)14-12(17)11-10(13)7(3)5-18-11/h5-6,8H,4H2,1-3H3,(H,14,17)(H,15,16). The average molecular weight is 290 g/mol. The fourth-order valence-corrected chi connectivity index (χ4v) is 2.64. The van der Waals surface area contributed by atoms with Gasteiger partial charge in [-0.2, -0.15) is 0 Å². The molecule has 18 heavy (non-hydrogen) atoms. The number of thiophene rings is 1. The van der Waals surface area contributed by atoms with E-state index in [1.807, 2.05) is 20.8 Å². The molecule has 100 valence electrons. The third-order valence-electron chi connectivity index (χ3n) is 2.62. The summed E-state index contributed by atoms with van der Waals surface area (Å²) in [6, 6.07) is -0.395. The number of amides is 1. The quantitative estimate of drug-likeness (QED) is 0.876. The van der Waals surface area contributed by atoms with E-state index in [4.69, 9.17) is 16.7 Å². The SMILES string of the molecule is Cc1csc(C(=O)NC(CC(=O)O)C(C)C)c1Cl. The van der Waals surface area contributed by atoms with Gasteiger partial charge in [-0.1, -0.05) is 25.4 Å². The molecule has 6 heteroatoms. The highest BCUT2D eigenvalue weighted by atomic mass is 35.5. The molecule has 1 amide bonds. The van der Waals surface area contributed by atoms with E-state index in [9.17, 15) is 9.59 Å². The van der Waals surface area contributed by atoms with Crippen LogP contribution in [-0.4, -0.2) is 23.0 Å². The number of nitrogens with one attached hydrogen (secondary N) is 1. The zero-order valence-corrected chi connectivity index (χ0v) is 12.1. The highest BCUT2D eigenvalue weighted by molar-refractivity contribution is 7.13. The lowest BCUT2D eigenvalue weighted by atomic mass is 10.0. The summed E-state index contributed by atoms with van der Waals surface area (Å²) < 4.78 is 0. The van der Waals surface area contributed by atoms with E-state index in [1.165, 1.54) is 11.3 Å². The van der Waals surface area contributed by atoms with E-state index in [2.05, 4.69) is 5.32 Å². The van der Waals surface area contributed by atoms with Gasteiger partial charge in [0, 0.05) is 6.04 Å². The van der Waals surface area contributed by atoms with Gasteiger partial charge in [-0.15, -0.1) is 11.3 Å². The first-order chi connectivity index (χ1) is 8.32. The molecule has 4 nitrogen and oxygen atoms in total. The smallest absolute Gasteiger partial charge is 0.305 e. The van der Waals surface area contributed by atoms with Crippen molar-refractivity contribution in [1.82, 2.24) is 5.32 Å². The Hall–Kier alpha value is -1.07. The molecule has 0 bridgehead atoms. The summed E-state index contributed by atoms with van der Waals surface area (Å²) in [5.74, 6) is -1.19. The molecule has 0 saturated heterocycles. The van der Waals surface area contributed by atoms with Crippen LogP contribution >= 0.6 is 22.9 Å². The number of rotatable bonds is 5. The van der Waals surface area contributed by atoms with Gasteiger partial charge >= 0.3 is 5.97 Å². The number of carboxylic acid groups (broad SMARTS) is 1. The van der Waals surface area contributed by atoms with Crippen LogP contribution in [0.4, 0.5) is 0 Å². The van der Waals surface area contributed by atoms with Gasteiger partial charge in [0.15, 0.2) is 0 Å². The molecule has 1 aromatic heterocycles. The van der Waals surface area contributed by atoms with Crippen molar-refractivity contribution in [3.63, 3.8) is 0 Å². The van der Waals surface area contributed by atoms with Gasteiger partial charge < -0.3 is 10.4 Å². The summed E-state index contributed by atoms with van der Waals surface area (Å²) in [6.45, 7) is 5.57. The van der Waals surface area contributed by atoms with Gasteiger partial charge in [-0.25, -0.2) is 0 Å². The Morgan fingerprint density at radius 2 is 2.11 bits per heavy atom. The highest BCUT2D eigenvalue weighted by Crippen LogP contribution is 2.27. The summed E-state index contributed by atoms with van der Waals surface area (Å²) >= 11 is 7.27. The molecule has 1 unspecified atom stereocenters. The lowest BCUT2D eigenvalue weighted by molar-refractivity contribution is -0.137. The minimum atomic E-state index is -0.928. The first-order valence-corrected chi connectivity index (χ1v) is 6.85. The zero-order valence-electron chi connectivity index (χ0n) is 10.5. The first-order valence-electron chi connectivity index (χ1n) is 5.59. The molecule has 0 aliphatic heterocycles. The molecule has 0 aromatic carbocycles. The lowest BCUT2D eigenvalue weighted by Crippen LogP contribution is -2.39. The maximum Gasteiger partial charge on any atom is 0.305 e. The Kier molecular flexibility index (Phi) is 5.16. The fraction of sp³-hybridized carbons (Fsp3) is 0.500. The van der Waals surface area contributed by atoms with Gasteiger partial charge in [0.2, 0.25) is 0 Å². The molecule has 0 aliphatic rings. The number of aryl methyl sites for hydroxylation is 1. The van der Waals surface area contributed by atoms with Crippen LogP contribution in [0, 0.1) is 12.8 Å². The number of carbonyl (C=O) groups is 2. The van der Waals surface area contributed by atoms with Crippen molar-refractivity contribution in [2.24, 2.45) is 5.92 Å². The topological polar surface area (TPSA) is 66.4 Å². The molecular formula is C12H16ClNO3S. The molecule has 0 radical (unpaired) electrons. The van der Waals surface area contributed by atoms with Crippen molar-refractivity contribution in [3.8, 4) is 0 Å². The molecule has 1 aromatic rings. The van der Waals surface area contributed by atoms with E-state index in [1.54, 1.807) is 5.38 Å². The molecule has 0 saturated carbocycles. The number of carbonyl (C=O) groups excluding carboxylic acids is 1. The number of carboxylic acids is 1. The number of hydrogen-bond donors (Lipinski definition) is 2. The minimum Gasteiger partial charge on any atom is -0.481 e. The van der Waals surface area contributed by atoms with Gasteiger partial charge in [-0.05, 0) is 23.8 Å². The van der Waals surface area contributed by atoms with Crippen LogP contribution < -0.4 is 5.32 Å². The molecular weight excluding hydrogens is 274 g/mol. The molecule has 1 rings (SSSR count). The Labute approximate surface area is 115 Å². The van der Waals surface area contributed by atoms with E-state index >= 15 is 0 Å². The molecule has 1 heterocycles. The molecule has 0 aliphatic carbocycles. The second-order valence-corrected chi connectivity index (χ2v) is 5.74. The normalized spacial score (nSPS) is 12.5. The van der Waals surface area contributed by atoms with Gasteiger partial charge in [0.25, 0.3) is 5.91 Å². The van der Waals surface area contributed by atoms with Crippen molar-refractivity contribution < 1.29 is 14.7 Å². The van der Waals surface area contributed by atoms with Crippen molar-refractivity contribution in [2.75, 3.05) is 0 Å². The molecule has 0 spiro atoms. The summed E-state index contributed by atoms with van der Waals surface area (Å²) in [4.78, 5) is 23.2. The molecule has 0 fully saturated rings. The summed E-state index contributed by atoms with van der Waals surface area (Å²) in [5.41, 5.74) is 0.853. The Morgan fingerprint density at radius 3 is 2.50 bits per heavy atom. The molecule has 2 N–H and O–H groups in total. The lowest BCUT2D eigenvalue weighted by Gasteiger charge is -2.20. The van der Waals surface area contributed by atoms with Crippen LogP contribution in [0.5, 0.6) is 0 Å². The highest BCUT2D eigenvalue weighted by Gasteiger charge is 2.22. The van der Waals surface area contributed by atoms with Crippen molar-refractivity contribution >= 4 is 34.8 Å². The van der Waals surface area contributed by atoms with Crippen LogP contribution in [0.25, 0.3) is 0 Å². The largest absolute Gasteiger partial charge is 0.481 e. The van der Waals surface area contributed by atoms with Crippen LogP contribution in [-0.2, 0) is 4.79 Å². The number of halogens is 1. The van der Waals surface area contributed by atoms with Crippen LogP contribution in [0.3, 0.4) is 0 Å². The van der Waals surface area contributed by atoms with E-state index < -0.39 is 12.0 Å². The second kappa shape index (κ2) is 6.20. The zero-order chi connectivity index (χ0) is 13.9. The van der Waals surface area contributed by atoms with Crippen LogP contribution in [0.2, 0.25) is 5.02 Å². The third kappa shape index (κ3) is 3.71. The Balaban J connectivity index is 2.78. The minimum absolute atomic E-state index is 0.0462. The van der Waals surface area contributed by atoms with Crippen molar-refractivity contribution in [3.05, 3.63) is 20.8 Å². The van der Waals surface area contributed by atoms with Gasteiger partial charge in [-0.3, -0.25) is 9.59 Å². The predicted molar refractivity (Wildman–Crippen MR) is 72.4 cm³/mol. The average Bonchev–Trinajstić information content (AvgIpc) is 2.58. The Bertz CT molecular complexity index is 456. The third-order valence-corrected chi connectivity index (χ3v) is 4.32. The van der Waals surface area contributed by atoms with Crippen LogP contribution in [0.1, 0.15) is 35.5 Å². The number of aliphatic carboxylic acids is 1. The summed E-state index contributed by atoms with van der Waals surface area (Å²) in [5, 5.41) is 13.8. The maximum absolute atomic E-state index is 12.0. The second-order valence-electron chi connectivity index (χ2n) is 4.48. The fourth-order valence-electron chi connectivity index (χ4n) is 1.46. The van der Waals surface area contributed by atoms with Crippen molar-refractivity contribution in [2.45, 2.75) is 33.2 Å². The van der Waals surface area contributed by atoms with Gasteiger partial charge in [0.05, 0.1) is 11.4 Å². The first kappa shape index (κ1) is 15.0. The van der Waals surface area contributed by atoms with E-state index in [0.717, 1.165) is 5.56 Å². The van der Waals surface area contributed by atoms with E-state index in [-0.39, 0.29) is 18.2 Å². The van der Waals surface area contributed by atoms with Gasteiger partial charge in [0.1, 0.15) is 4.88 Å². The monoisotopic (exact) mass is 289 g/mol. The molecule has 1 atom stereocenters. The van der Waals surface area contributed by atoms with E-state index in [0.29, 0.717) is 9.90 Å².